The van der Waals surface area contributed by atoms with Crippen molar-refractivity contribution in [3.05, 3.63) is 47.5 Å². The Morgan fingerprint density at radius 3 is 2.89 bits per heavy atom. The van der Waals surface area contributed by atoms with Gasteiger partial charge in [-0.3, -0.25) is 0 Å². The Morgan fingerprint density at radius 1 is 1.37 bits per heavy atom. The van der Waals surface area contributed by atoms with Crippen molar-refractivity contribution >= 4 is 5.97 Å². The second kappa shape index (κ2) is 9.30. The van der Waals surface area contributed by atoms with Crippen LogP contribution in [0.1, 0.15) is 18.1 Å². The van der Waals surface area contributed by atoms with Crippen LogP contribution in [0.15, 0.2) is 36.4 Å². The van der Waals surface area contributed by atoms with E-state index in [1.54, 1.807) is 20.1 Å². The third kappa shape index (κ3) is 6.74. The molecule has 1 N–H and O–H groups in total. The van der Waals surface area contributed by atoms with Gasteiger partial charge >= 0.3 is 5.97 Å². The fraction of sp³-hybridized carbons (Fsp3) is 0.400. The number of benzene rings is 1. The molecule has 0 radical (unpaired) electrons. The summed E-state index contributed by atoms with van der Waals surface area (Å²) in [7, 11) is 1.69. The maximum atomic E-state index is 11.0. The molecule has 0 bridgehead atoms. The lowest BCUT2D eigenvalue weighted by Gasteiger charge is -2.05. The van der Waals surface area contributed by atoms with Gasteiger partial charge in [0, 0.05) is 26.3 Å². The largest absolute Gasteiger partial charge is 0.463 e. The summed E-state index contributed by atoms with van der Waals surface area (Å²) in [5.41, 5.74) is 2.35. The Kier molecular flexibility index (Phi) is 7.54. The van der Waals surface area contributed by atoms with Gasteiger partial charge in [0.2, 0.25) is 0 Å². The first-order valence-electron chi connectivity index (χ1n) is 6.37. The van der Waals surface area contributed by atoms with Crippen molar-refractivity contribution in [1.29, 1.82) is 0 Å². The smallest absolute Gasteiger partial charge is 0.330 e. The van der Waals surface area contributed by atoms with Crippen molar-refractivity contribution in [2.75, 3.05) is 20.3 Å². The number of ether oxygens (including phenoxy) is 2. The van der Waals surface area contributed by atoms with Gasteiger partial charge in [-0.05, 0) is 18.1 Å². The molecule has 0 amide bonds. The van der Waals surface area contributed by atoms with Crippen LogP contribution in [0.4, 0.5) is 0 Å². The molecule has 4 heteroatoms. The zero-order chi connectivity index (χ0) is 13.9. The Hall–Kier alpha value is -1.65. The maximum Gasteiger partial charge on any atom is 0.330 e. The third-order valence-corrected chi connectivity index (χ3v) is 2.43. The summed E-state index contributed by atoms with van der Waals surface area (Å²) >= 11 is 0. The van der Waals surface area contributed by atoms with Crippen molar-refractivity contribution in [3.8, 4) is 0 Å². The molecule has 0 unspecified atom stereocenters. The van der Waals surface area contributed by atoms with Crippen LogP contribution in [0.25, 0.3) is 0 Å². The monoisotopic (exact) mass is 263 g/mol. The van der Waals surface area contributed by atoms with Crippen molar-refractivity contribution in [2.24, 2.45) is 0 Å². The lowest BCUT2D eigenvalue weighted by molar-refractivity contribution is -0.137. The molecule has 0 spiro atoms. The second-order valence-electron chi connectivity index (χ2n) is 4.04. The minimum atomic E-state index is -0.300. The molecule has 104 valence electrons. The molecule has 4 nitrogen and oxygen atoms in total. The standard InChI is InChI=1S/C15H21NO3/c1-3-19-15(17)8-5-9-16-11-13-6-4-7-14(10-13)12-18-2/h4-8,10,16H,3,9,11-12H2,1-2H3/b8-5+. The van der Waals surface area contributed by atoms with E-state index in [-0.39, 0.29) is 5.97 Å². The highest BCUT2D eigenvalue weighted by Gasteiger charge is 1.96. The number of esters is 1. The fourth-order valence-electron chi connectivity index (χ4n) is 1.64. The Bertz CT molecular complexity index is 416. The average Bonchev–Trinajstić information content (AvgIpc) is 2.39. The van der Waals surface area contributed by atoms with Crippen LogP contribution in [0.3, 0.4) is 0 Å². The van der Waals surface area contributed by atoms with Crippen LogP contribution >= 0.6 is 0 Å². The predicted molar refractivity (Wildman–Crippen MR) is 74.6 cm³/mol. The molecule has 0 saturated heterocycles. The van der Waals surface area contributed by atoms with E-state index in [1.807, 2.05) is 12.1 Å². The van der Waals surface area contributed by atoms with Crippen molar-refractivity contribution < 1.29 is 14.3 Å². The average molecular weight is 263 g/mol. The first-order valence-corrected chi connectivity index (χ1v) is 6.37. The molecule has 0 atom stereocenters. The molecular weight excluding hydrogens is 242 g/mol. The second-order valence-corrected chi connectivity index (χ2v) is 4.04. The summed E-state index contributed by atoms with van der Waals surface area (Å²) in [6.07, 6.45) is 3.20. The number of carbonyl (C=O) groups excluding carboxylic acids is 1. The van der Waals surface area contributed by atoms with Gasteiger partial charge in [0.15, 0.2) is 0 Å². The highest BCUT2D eigenvalue weighted by atomic mass is 16.5. The summed E-state index contributed by atoms with van der Waals surface area (Å²) in [6.45, 7) is 4.20. The molecule has 0 aliphatic carbocycles. The van der Waals surface area contributed by atoms with Gasteiger partial charge in [-0.1, -0.05) is 30.3 Å². The van der Waals surface area contributed by atoms with E-state index in [1.165, 1.54) is 11.6 Å². The van der Waals surface area contributed by atoms with Crippen LogP contribution in [-0.2, 0) is 27.4 Å². The number of carbonyl (C=O) groups is 1. The van der Waals surface area contributed by atoms with Crippen LogP contribution in [-0.4, -0.2) is 26.2 Å². The zero-order valence-corrected chi connectivity index (χ0v) is 11.5. The topological polar surface area (TPSA) is 47.6 Å². The highest BCUT2D eigenvalue weighted by Crippen LogP contribution is 2.05. The van der Waals surface area contributed by atoms with Gasteiger partial charge < -0.3 is 14.8 Å². The lowest BCUT2D eigenvalue weighted by atomic mass is 10.1. The van der Waals surface area contributed by atoms with Crippen molar-refractivity contribution in [3.63, 3.8) is 0 Å². The fourth-order valence-corrected chi connectivity index (χ4v) is 1.64. The van der Waals surface area contributed by atoms with Crippen LogP contribution < -0.4 is 5.32 Å². The van der Waals surface area contributed by atoms with E-state index in [0.717, 1.165) is 12.1 Å². The molecule has 19 heavy (non-hydrogen) atoms. The van der Waals surface area contributed by atoms with E-state index in [2.05, 4.69) is 17.4 Å². The molecule has 0 fully saturated rings. The quantitative estimate of drug-likeness (QED) is 0.443. The molecular formula is C15H21NO3. The van der Waals surface area contributed by atoms with Crippen LogP contribution in [0.2, 0.25) is 0 Å². The van der Waals surface area contributed by atoms with Crippen LogP contribution in [0.5, 0.6) is 0 Å². The summed E-state index contributed by atoms with van der Waals surface area (Å²) in [5.74, 6) is -0.300. The summed E-state index contributed by atoms with van der Waals surface area (Å²) < 4.78 is 9.87. The molecule has 1 aromatic carbocycles. The Morgan fingerprint density at radius 2 is 2.16 bits per heavy atom. The minimum Gasteiger partial charge on any atom is -0.463 e. The third-order valence-electron chi connectivity index (χ3n) is 2.43. The predicted octanol–water partition coefficient (Wildman–Crippen LogP) is 2.04. The van der Waals surface area contributed by atoms with Gasteiger partial charge in [0.05, 0.1) is 13.2 Å². The number of rotatable bonds is 8. The number of hydrogen-bond donors (Lipinski definition) is 1. The van der Waals surface area contributed by atoms with Crippen molar-refractivity contribution in [2.45, 2.75) is 20.1 Å². The SMILES string of the molecule is CCOC(=O)/C=C/CNCc1cccc(COC)c1. The minimum absolute atomic E-state index is 0.300. The zero-order valence-electron chi connectivity index (χ0n) is 11.5. The molecule has 1 aromatic rings. The number of hydrogen-bond acceptors (Lipinski definition) is 4. The van der Waals surface area contributed by atoms with Gasteiger partial charge in [0.1, 0.15) is 0 Å². The maximum absolute atomic E-state index is 11.0. The van der Waals surface area contributed by atoms with Gasteiger partial charge in [0.25, 0.3) is 0 Å². The Labute approximate surface area is 114 Å². The molecule has 0 aliphatic heterocycles. The molecule has 0 aromatic heterocycles. The van der Waals surface area contributed by atoms with E-state index < -0.39 is 0 Å². The van der Waals surface area contributed by atoms with Crippen LogP contribution in [0, 0.1) is 0 Å². The van der Waals surface area contributed by atoms with E-state index in [0.29, 0.717) is 19.8 Å². The normalized spacial score (nSPS) is 10.8. The summed E-state index contributed by atoms with van der Waals surface area (Å²) in [5, 5.41) is 3.23. The molecule has 0 saturated carbocycles. The summed E-state index contributed by atoms with van der Waals surface area (Å²) in [6, 6.07) is 8.21. The first-order chi connectivity index (χ1) is 9.26. The van der Waals surface area contributed by atoms with E-state index >= 15 is 0 Å². The van der Waals surface area contributed by atoms with Gasteiger partial charge in [-0.2, -0.15) is 0 Å². The molecule has 0 aliphatic rings. The number of nitrogens with one attached hydrogen (secondary N) is 1. The van der Waals surface area contributed by atoms with E-state index in [4.69, 9.17) is 9.47 Å². The first kappa shape index (κ1) is 15.4. The number of methoxy groups -OCH3 is 1. The summed E-state index contributed by atoms with van der Waals surface area (Å²) in [4.78, 5) is 11.0. The van der Waals surface area contributed by atoms with Gasteiger partial charge in [-0.25, -0.2) is 4.79 Å². The Balaban J connectivity index is 2.29. The molecule has 1 rings (SSSR count). The van der Waals surface area contributed by atoms with E-state index in [9.17, 15) is 4.79 Å². The lowest BCUT2D eigenvalue weighted by Crippen LogP contribution is -2.13. The van der Waals surface area contributed by atoms with Gasteiger partial charge in [-0.15, -0.1) is 0 Å². The molecule has 0 heterocycles. The highest BCUT2D eigenvalue weighted by molar-refractivity contribution is 5.81. The van der Waals surface area contributed by atoms with Crippen molar-refractivity contribution in [1.82, 2.24) is 5.32 Å².